The molecule has 27 heavy (non-hydrogen) atoms. The van der Waals surface area contributed by atoms with E-state index < -0.39 is 5.54 Å². The predicted octanol–water partition coefficient (Wildman–Crippen LogP) is 4.27. The summed E-state index contributed by atoms with van der Waals surface area (Å²) in [7, 11) is 0. The first-order valence-corrected chi connectivity index (χ1v) is 8.93. The van der Waals surface area contributed by atoms with Gasteiger partial charge in [0.25, 0.3) is 5.91 Å². The zero-order chi connectivity index (χ0) is 18.9. The molecule has 3 aromatic rings. The van der Waals surface area contributed by atoms with Gasteiger partial charge in [-0.25, -0.2) is 0 Å². The summed E-state index contributed by atoms with van der Waals surface area (Å²) in [4.78, 5) is 27.6. The van der Waals surface area contributed by atoms with Crippen LogP contribution in [0.1, 0.15) is 17.5 Å². The van der Waals surface area contributed by atoms with Gasteiger partial charge >= 0.3 is 0 Å². The summed E-state index contributed by atoms with van der Waals surface area (Å²) in [6.45, 7) is 2.00. The number of hydrogen-bond donors (Lipinski definition) is 1. The van der Waals surface area contributed by atoms with Gasteiger partial charge in [-0.05, 0) is 36.8 Å². The number of anilines is 2. The Morgan fingerprint density at radius 3 is 2.07 bits per heavy atom. The van der Waals surface area contributed by atoms with Gasteiger partial charge in [0.2, 0.25) is 5.91 Å². The number of rotatable bonds is 4. The number of carbonyl (C=O) groups excluding carboxylic acids is 2. The molecule has 0 aromatic heterocycles. The highest BCUT2D eigenvalue weighted by molar-refractivity contribution is 6.17. The van der Waals surface area contributed by atoms with Gasteiger partial charge in [0.05, 0.1) is 6.42 Å². The van der Waals surface area contributed by atoms with Crippen molar-refractivity contribution in [2.24, 2.45) is 0 Å². The molecule has 1 fully saturated rings. The third-order valence-electron chi connectivity index (χ3n) is 4.99. The van der Waals surface area contributed by atoms with E-state index in [1.807, 2.05) is 91.9 Å². The fourth-order valence-electron chi connectivity index (χ4n) is 3.57. The Balaban J connectivity index is 1.79. The van der Waals surface area contributed by atoms with Crippen molar-refractivity contribution >= 4 is 23.2 Å². The van der Waals surface area contributed by atoms with Crippen molar-refractivity contribution in [1.82, 2.24) is 0 Å². The van der Waals surface area contributed by atoms with Crippen molar-refractivity contribution in [2.75, 3.05) is 10.2 Å². The van der Waals surface area contributed by atoms with Crippen LogP contribution >= 0.6 is 0 Å². The minimum absolute atomic E-state index is 0.0648. The number of β-lactam (4-membered cyclic amide) rings is 1. The van der Waals surface area contributed by atoms with Gasteiger partial charge < -0.3 is 5.32 Å². The molecule has 3 aromatic carbocycles. The molecule has 1 atom stereocenters. The van der Waals surface area contributed by atoms with Crippen molar-refractivity contribution in [3.63, 3.8) is 0 Å². The summed E-state index contributed by atoms with van der Waals surface area (Å²) in [5, 5.41) is 2.99. The maximum atomic E-state index is 13.4. The summed E-state index contributed by atoms with van der Waals surface area (Å²) in [6.07, 6.45) is 0.142. The quantitative estimate of drug-likeness (QED) is 0.710. The molecular weight excluding hydrogens is 336 g/mol. The van der Waals surface area contributed by atoms with Gasteiger partial charge in [0.15, 0.2) is 5.54 Å². The molecule has 4 rings (SSSR count). The summed E-state index contributed by atoms with van der Waals surface area (Å²) >= 11 is 0. The number of nitrogens with one attached hydrogen (secondary N) is 1. The van der Waals surface area contributed by atoms with Crippen LogP contribution < -0.4 is 10.2 Å². The molecule has 0 saturated carbocycles. The first-order valence-electron chi connectivity index (χ1n) is 8.93. The first kappa shape index (κ1) is 17.0. The summed E-state index contributed by atoms with van der Waals surface area (Å²) < 4.78 is 0. The Hall–Kier alpha value is -3.40. The van der Waals surface area contributed by atoms with E-state index in [0.717, 1.165) is 16.8 Å². The van der Waals surface area contributed by atoms with E-state index in [1.54, 1.807) is 4.90 Å². The van der Waals surface area contributed by atoms with Gasteiger partial charge in [-0.2, -0.15) is 0 Å². The van der Waals surface area contributed by atoms with Crippen LogP contribution in [0, 0.1) is 6.92 Å². The third kappa shape index (κ3) is 2.89. The molecule has 4 heteroatoms. The van der Waals surface area contributed by atoms with Gasteiger partial charge in [-0.15, -0.1) is 0 Å². The molecule has 0 aliphatic carbocycles. The number of nitrogens with zero attached hydrogens (tertiary/aromatic N) is 1. The van der Waals surface area contributed by atoms with E-state index in [2.05, 4.69) is 5.32 Å². The van der Waals surface area contributed by atoms with E-state index in [4.69, 9.17) is 0 Å². The molecule has 1 unspecified atom stereocenters. The molecule has 0 spiro atoms. The van der Waals surface area contributed by atoms with Crippen molar-refractivity contribution in [3.8, 4) is 0 Å². The van der Waals surface area contributed by atoms with Crippen molar-refractivity contribution in [3.05, 3.63) is 96.1 Å². The van der Waals surface area contributed by atoms with E-state index in [0.29, 0.717) is 5.69 Å². The Morgan fingerprint density at radius 2 is 1.48 bits per heavy atom. The van der Waals surface area contributed by atoms with Crippen LogP contribution in [0.25, 0.3) is 0 Å². The average molecular weight is 356 g/mol. The number of hydrogen-bond acceptors (Lipinski definition) is 2. The topological polar surface area (TPSA) is 49.4 Å². The molecule has 134 valence electrons. The van der Waals surface area contributed by atoms with E-state index in [9.17, 15) is 9.59 Å². The fraction of sp³-hybridized carbons (Fsp3) is 0.130. The van der Waals surface area contributed by atoms with E-state index in [1.165, 1.54) is 0 Å². The number of carbonyl (C=O) groups is 2. The Morgan fingerprint density at radius 1 is 0.889 bits per heavy atom. The lowest BCUT2D eigenvalue weighted by atomic mass is 9.75. The maximum absolute atomic E-state index is 13.4. The molecule has 2 amide bonds. The SMILES string of the molecule is Cc1ccc(C2(C(=O)Nc3ccccc3)CC(=O)N2c2ccccc2)cc1. The molecule has 1 N–H and O–H groups in total. The number of aryl methyl sites for hydroxylation is 1. The Kier molecular flexibility index (Phi) is 4.24. The van der Waals surface area contributed by atoms with E-state index >= 15 is 0 Å². The smallest absolute Gasteiger partial charge is 0.255 e. The van der Waals surface area contributed by atoms with Crippen molar-refractivity contribution in [2.45, 2.75) is 18.9 Å². The number of amides is 2. The van der Waals surface area contributed by atoms with Crippen LogP contribution in [0.2, 0.25) is 0 Å². The van der Waals surface area contributed by atoms with Gasteiger partial charge in [-0.1, -0.05) is 66.2 Å². The van der Waals surface area contributed by atoms with Crippen LogP contribution in [-0.2, 0) is 15.1 Å². The highest BCUT2D eigenvalue weighted by Crippen LogP contribution is 2.45. The second kappa shape index (κ2) is 6.72. The lowest BCUT2D eigenvalue weighted by molar-refractivity contribution is -0.137. The maximum Gasteiger partial charge on any atom is 0.255 e. The third-order valence-corrected chi connectivity index (χ3v) is 4.99. The lowest BCUT2D eigenvalue weighted by Crippen LogP contribution is -2.67. The molecule has 1 aliphatic rings. The van der Waals surface area contributed by atoms with Crippen molar-refractivity contribution in [1.29, 1.82) is 0 Å². The minimum atomic E-state index is -1.05. The Labute approximate surface area is 158 Å². The summed E-state index contributed by atoms with van der Waals surface area (Å²) in [6, 6.07) is 26.5. The largest absolute Gasteiger partial charge is 0.324 e. The molecule has 0 bridgehead atoms. The van der Waals surface area contributed by atoms with Crippen molar-refractivity contribution < 1.29 is 9.59 Å². The second-order valence-electron chi connectivity index (χ2n) is 6.79. The second-order valence-corrected chi connectivity index (χ2v) is 6.79. The Bertz CT molecular complexity index is 968. The van der Waals surface area contributed by atoms with Crippen LogP contribution in [0.5, 0.6) is 0 Å². The number of para-hydroxylation sites is 2. The van der Waals surface area contributed by atoms with Gasteiger partial charge in [-0.3, -0.25) is 14.5 Å². The molecule has 1 saturated heterocycles. The van der Waals surface area contributed by atoms with E-state index in [-0.39, 0.29) is 18.2 Å². The molecular formula is C23H20N2O2. The fourth-order valence-corrected chi connectivity index (χ4v) is 3.57. The molecule has 0 radical (unpaired) electrons. The lowest BCUT2D eigenvalue weighted by Gasteiger charge is -2.50. The van der Waals surface area contributed by atoms with Crippen LogP contribution in [-0.4, -0.2) is 11.8 Å². The first-order chi connectivity index (χ1) is 13.1. The van der Waals surface area contributed by atoms with Gasteiger partial charge in [0, 0.05) is 11.4 Å². The van der Waals surface area contributed by atoms with Crippen LogP contribution in [0.4, 0.5) is 11.4 Å². The zero-order valence-corrected chi connectivity index (χ0v) is 15.1. The monoisotopic (exact) mass is 356 g/mol. The number of benzene rings is 3. The van der Waals surface area contributed by atoms with Crippen LogP contribution in [0.3, 0.4) is 0 Å². The summed E-state index contributed by atoms with van der Waals surface area (Å²) in [5.74, 6) is -0.272. The molecule has 4 nitrogen and oxygen atoms in total. The van der Waals surface area contributed by atoms with Gasteiger partial charge in [0.1, 0.15) is 0 Å². The molecule has 1 heterocycles. The zero-order valence-electron chi connectivity index (χ0n) is 15.1. The normalized spacial score (nSPS) is 18.7. The predicted molar refractivity (Wildman–Crippen MR) is 106 cm³/mol. The molecule has 1 aliphatic heterocycles. The minimum Gasteiger partial charge on any atom is -0.324 e. The highest BCUT2D eigenvalue weighted by Gasteiger charge is 2.58. The van der Waals surface area contributed by atoms with Crippen LogP contribution in [0.15, 0.2) is 84.9 Å². The summed E-state index contributed by atoms with van der Waals surface area (Å²) in [5.41, 5.74) is 2.29. The highest BCUT2D eigenvalue weighted by atomic mass is 16.2. The standard InChI is InChI=1S/C23H20N2O2/c1-17-12-14-18(15-13-17)23(22(27)24-19-8-4-2-5-9-19)16-21(26)25(23)20-10-6-3-7-11-20/h2-15H,16H2,1H3,(H,24,27). The average Bonchev–Trinajstić information content (AvgIpc) is 2.68.